The van der Waals surface area contributed by atoms with Crippen LogP contribution in [0.15, 0.2) is 35.7 Å². The molecule has 118 valence electrons. The van der Waals surface area contributed by atoms with Crippen LogP contribution >= 0.6 is 11.3 Å². The van der Waals surface area contributed by atoms with Gasteiger partial charge in [-0.3, -0.25) is 10.1 Å². The number of hydrogen-bond acceptors (Lipinski definition) is 5. The summed E-state index contributed by atoms with van der Waals surface area (Å²) >= 11 is 1.16. The third-order valence-corrected chi connectivity index (χ3v) is 4.11. The molecule has 0 spiro atoms. The Hall–Kier alpha value is -1.92. The van der Waals surface area contributed by atoms with Gasteiger partial charge in [0.05, 0.1) is 11.0 Å². The van der Waals surface area contributed by atoms with Crippen LogP contribution < -0.4 is 10.1 Å². The van der Waals surface area contributed by atoms with Crippen LogP contribution in [-0.4, -0.2) is 11.0 Å². The zero-order chi connectivity index (χ0) is 16.1. The van der Waals surface area contributed by atoms with Crippen LogP contribution in [0.25, 0.3) is 0 Å². The number of thiophene rings is 1. The van der Waals surface area contributed by atoms with Gasteiger partial charge >= 0.3 is 5.00 Å². The molecule has 2 aromatic rings. The van der Waals surface area contributed by atoms with Crippen molar-refractivity contribution in [2.45, 2.75) is 39.5 Å². The highest BCUT2D eigenvalue weighted by molar-refractivity contribution is 7.13. The highest BCUT2D eigenvalue weighted by Gasteiger charge is 2.11. The second kappa shape index (κ2) is 7.38. The van der Waals surface area contributed by atoms with Gasteiger partial charge < -0.3 is 10.1 Å². The Morgan fingerprint density at radius 3 is 2.50 bits per heavy atom. The molecule has 1 aromatic carbocycles. The van der Waals surface area contributed by atoms with Gasteiger partial charge in [-0.05, 0) is 44.0 Å². The molecule has 0 radical (unpaired) electrons. The van der Waals surface area contributed by atoms with Crippen LogP contribution in [0.4, 0.5) is 5.00 Å². The minimum absolute atomic E-state index is 0.159. The van der Waals surface area contributed by atoms with E-state index in [0.717, 1.165) is 28.2 Å². The summed E-state index contributed by atoms with van der Waals surface area (Å²) in [7, 11) is 0. The topological polar surface area (TPSA) is 64.4 Å². The predicted octanol–water partition coefficient (Wildman–Crippen LogP) is 4.29. The maximum atomic E-state index is 10.7. The lowest BCUT2D eigenvalue weighted by atomic mass is 10.1. The summed E-state index contributed by atoms with van der Waals surface area (Å²) in [5.74, 6) is 0.861. The third kappa shape index (κ3) is 4.54. The lowest BCUT2D eigenvalue weighted by Crippen LogP contribution is -2.17. The van der Waals surface area contributed by atoms with Crippen molar-refractivity contribution >= 4 is 16.3 Å². The van der Waals surface area contributed by atoms with Gasteiger partial charge in [-0.1, -0.05) is 23.5 Å². The Kier molecular flexibility index (Phi) is 5.51. The molecule has 6 heteroatoms. The molecule has 1 unspecified atom stereocenters. The minimum atomic E-state index is -0.356. The maximum Gasteiger partial charge on any atom is 0.324 e. The maximum absolute atomic E-state index is 10.7. The molecule has 0 saturated carbocycles. The molecule has 1 heterocycles. The van der Waals surface area contributed by atoms with Gasteiger partial charge in [-0.2, -0.15) is 0 Å². The van der Waals surface area contributed by atoms with Crippen LogP contribution in [-0.2, 0) is 6.54 Å². The number of ether oxygens (including phenoxy) is 1. The van der Waals surface area contributed by atoms with E-state index in [9.17, 15) is 10.1 Å². The Labute approximate surface area is 134 Å². The zero-order valence-electron chi connectivity index (χ0n) is 12.9. The molecule has 2 rings (SSSR count). The van der Waals surface area contributed by atoms with Gasteiger partial charge in [0.25, 0.3) is 0 Å². The van der Waals surface area contributed by atoms with Gasteiger partial charge in [0.1, 0.15) is 5.75 Å². The smallest absolute Gasteiger partial charge is 0.324 e. The van der Waals surface area contributed by atoms with Crippen LogP contribution in [0.5, 0.6) is 5.75 Å². The largest absolute Gasteiger partial charge is 0.491 e. The number of nitrogens with one attached hydrogen (secondary N) is 1. The summed E-state index contributed by atoms with van der Waals surface area (Å²) in [6.45, 7) is 6.67. The van der Waals surface area contributed by atoms with E-state index in [1.807, 2.05) is 43.5 Å². The van der Waals surface area contributed by atoms with E-state index < -0.39 is 0 Å². The van der Waals surface area contributed by atoms with Crippen molar-refractivity contribution in [3.63, 3.8) is 0 Å². The summed E-state index contributed by atoms with van der Waals surface area (Å²) in [5, 5.41) is 16.0. The van der Waals surface area contributed by atoms with Crippen LogP contribution in [0, 0.1) is 10.1 Å². The van der Waals surface area contributed by atoms with E-state index >= 15 is 0 Å². The molecule has 0 saturated heterocycles. The van der Waals surface area contributed by atoms with E-state index in [1.165, 1.54) is 0 Å². The molecule has 0 amide bonds. The van der Waals surface area contributed by atoms with E-state index in [0.29, 0.717) is 6.54 Å². The van der Waals surface area contributed by atoms with E-state index in [1.54, 1.807) is 6.07 Å². The number of rotatable bonds is 7. The van der Waals surface area contributed by atoms with Crippen LogP contribution in [0.3, 0.4) is 0 Å². The molecule has 1 N–H and O–H groups in total. The lowest BCUT2D eigenvalue weighted by Gasteiger charge is -2.15. The van der Waals surface area contributed by atoms with Gasteiger partial charge in [0, 0.05) is 24.0 Å². The average molecular weight is 320 g/mol. The first-order valence-electron chi connectivity index (χ1n) is 7.17. The molecule has 5 nitrogen and oxygen atoms in total. The molecule has 22 heavy (non-hydrogen) atoms. The predicted molar refractivity (Wildman–Crippen MR) is 88.4 cm³/mol. The average Bonchev–Trinajstić information content (AvgIpc) is 2.94. The van der Waals surface area contributed by atoms with Crippen molar-refractivity contribution in [2.24, 2.45) is 0 Å². The monoisotopic (exact) mass is 320 g/mol. The van der Waals surface area contributed by atoms with Crippen LogP contribution in [0.2, 0.25) is 0 Å². The highest BCUT2D eigenvalue weighted by atomic mass is 32.1. The molecule has 0 fully saturated rings. The summed E-state index contributed by atoms with van der Waals surface area (Å²) in [5.41, 5.74) is 2.09. The molecule has 0 aliphatic heterocycles. The van der Waals surface area contributed by atoms with E-state index in [4.69, 9.17) is 4.74 Å². The summed E-state index contributed by atoms with van der Waals surface area (Å²) < 4.78 is 5.62. The zero-order valence-corrected chi connectivity index (χ0v) is 13.7. The first-order chi connectivity index (χ1) is 10.5. The SMILES string of the molecule is CC(C)Oc1ccc(C(C)NCc2csc([N+](=O)[O-])c2)cc1. The Bertz CT molecular complexity index is 623. The number of hydrogen-bond donors (Lipinski definition) is 1. The Morgan fingerprint density at radius 2 is 1.95 bits per heavy atom. The minimum Gasteiger partial charge on any atom is -0.491 e. The quantitative estimate of drug-likeness (QED) is 0.610. The fraction of sp³-hybridized carbons (Fsp3) is 0.375. The van der Waals surface area contributed by atoms with Crippen molar-refractivity contribution in [1.82, 2.24) is 5.32 Å². The van der Waals surface area contributed by atoms with Gasteiger partial charge in [0.15, 0.2) is 0 Å². The number of nitro groups is 1. The molecule has 0 aliphatic rings. The Morgan fingerprint density at radius 1 is 1.27 bits per heavy atom. The number of benzene rings is 1. The van der Waals surface area contributed by atoms with Gasteiger partial charge in [-0.25, -0.2) is 0 Å². The first kappa shape index (κ1) is 16.5. The molecule has 0 aliphatic carbocycles. The third-order valence-electron chi connectivity index (χ3n) is 3.18. The van der Waals surface area contributed by atoms with Crippen molar-refractivity contribution in [3.05, 3.63) is 57.0 Å². The van der Waals surface area contributed by atoms with Crippen molar-refractivity contribution < 1.29 is 9.66 Å². The molecular weight excluding hydrogens is 300 g/mol. The lowest BCUT2D eigenvalue weighted by molar-refractivity contribution is -0.380. The first-order valence-corrected chi connectivity index (χ1v) is 8.05. The molecule has 0 bridgehead atoms. The van der Waals surface area contributed by atoms with E-state index in [-0.39, 0.29) is 22.1 Å². The molecule has 1 aromatic heterocycles. The van der Waals surface area contributed by atoms with Crippen molar-refractivity contribution in [2.75, 3.05) is 0 Å². The van der Waals surface area contributed by atoms with Gasteiger partial charge in [-0.15, -0.1) is 0 Å². The normalized spacial score (nSPS) is 12.4. The Balaban J connectivity index is 1.91. The molecule has 1 atom stereocenters. The van der Waals surface area contributed by atoms with Crippen LogP contribution in [0.1, 0.15) is 37.9 Å². The van der Waals surface area contributed by atoms with E-state index in [2.05, 4.69) is 12.2 Å². The standard InChI is InChI=1S/C16H20N2O3S/c1-11(2)21-15-6-4-14(5-7-15)12(3)17-9-13-8-16(18(19)20)22-10-13/h4-8,10-12,17H,9H2,1-3H3. The fourth-order valence-corrected chi connectivity index (χ4v) is 2.78. The number of nitrogens with zero attached hydrogens (tertiary/aromatic N) is 1. The highest BCUT2D eigenvalue weighted by Crippen LogP contribution is 2.23. The summed E-state index contributed by atoms with van der Waals surface area (Å²) in [6, 6.07) is 9.76. The molecular formula is C16H20N2O3S. The second-order valence-corrected chi connectivity index (χ2v) is 6.28. The van der Waals surface area contributed by atoms with Crippen molar-refractivity contribution in [3.8, 4) is 5.75 Å². The fourth-order valence-electron chi connectivity index (χ4n) is 2.05. The van der Waals surface area contributed by atoms with Gasteiger partial charge in [0.2, 0.25) is 0 Å². The summed E-state index contributed by atoms with van der Waals surface area (Å²) in [6.07, 6.45) is 0.163. The summed E-state index contributed by atoms with van der Waals surface area (Å²) in [4.78, 5) is 10.3. The van der Waals surface area contributed by atoms with Crippen molar-refractivity contribution in [1.29, 1.82) is 0 Å². The second-order valence-electron chi connectivity index (χ2n) is 5.39.